The number of rotatable bonds is 8. The predicted octanol–water partition coefficient (Wildman–Crippen LogP) is 5.42. The first-order chi connectivity index (χ1) is 16.5. The third-order valence-corrected chi connectivity index (χ3v) is 8.63. The molecule has 0 aliphatic carbocycles. The number of nitrogens with one attached hydrogen (secondary N) is 1. The molecule has 1 amide bonds. The van der Waals surface area contributed by atoms with Gasteiger partial charge in [0.05, 0.1) is 25.1 Å². The Balaban J connectivity index is 1.83. The molecule has 1 N–H and O–H groups in total. The van der Waals surface area contributed by atoms with Gasteiger partial charge in [0, 0.05) is 42.2 Å². The number of likely N-dealkylation sites (N-methyl/N-ethyl adjacent to an activating group) is 1. The maximum atomic E-state index is 13.0. The molecule has 2 aromatic heterocycles. The van der Waals surface area contributed by atoms with E-state index >= 15 is 0 Å². The van der Waals surface area contributed by atoms with Crippen LogP contribution in [0.5, 0.6) is 11.5 Å². The van der Waals surface area contributed by atoms with E-state index in [4.69, 9.17) is 9.47 Å². The molecule has 4 rings (SSSR count). The maximum absolute atomic E-state index is 13.0. The maximum Gasteiger partial charge on any atom is 0.266 e. The molecule has 3 aromatic rings. The second kappa shape index (κ2) is 10.9. The van der Waals surface area contributed by atoms with Gasteiger partial charge in [-0.15, -0.1) is 22.7 Å². The van der Waals surface area contributed by atoms with Crippen LogP contribution in [0.2, 0.25) is 0 Å². The molecule has 1 atom stereocenters. The Morgan fingerprint density at radius 2 is 1.85 bits per heavy atom. The molecular weight excluding hydrogens is 466 g/mol. The lowest BCUT2D eigenvalue weighted by atomic mass is 9.93. The lowest BCUT2D eigenvalue weighted by molar-refractivity contribution is 0.102. The highest BCUT2D eigenvalue weighted by molar-refractivity contribution is 7.17. The zero-order valence-corrected chi connectivity index (χ0v) is 22.1. The third-order valence-electron chi connectivity index (χ3n) is 6.62. The second-order valence-electron chi connectivity index (χ2n) is 8.41. The van der Waals surface area contributed by atoms with Crippen molar-refractivity contribution in [1.29, 1.82) is 0 Å². The van der Waals surface area contributed by atoms with Crippen molar-refractivity contribution in [2.75, 3.05) is 52.3 Å². The van der Waals surface area contributed by atoms with Crippen LogP contribution in [0.15, 0.2) is 35.7 Å². The number of carbonyl (C=O) groups excluding carboxylic acids is 1. The summed E-state index contributed by atoms with van der Waals surface area (Å²) in [5, 5.41) is 6.06. The number of methoxy groups -OCH3 is 2. The topological polar surface area (TPSA) is 54.0 Å². The van der Waals surface area contributed by atoms with Gasteiger partial charge in [0.2, 0.25) is 0 Å². The monoisotopic (exact) mass is 499 g/mol. The average Bonchev–Trinajstić information content (AvgIpc) is 3.49. The zero-order valence-electron chi connectivity index (χ0n) is 20.5. The van der Waals surface area contributed by atoms with Gasteiger partial charge in [0.25, 0.3) is 5.91 Å². The Kier molecular flexibility index (Phi) is 7.93. The number of thiophene rings is 2. The molecule has 1 fully saturated rings. The first kappa shape index (κ1) is 24.7. The molecule has 3 heterocycles. The molecule has 1 aliphatic heterocycles. The van der Waals surface area contributed by atoms with Gasteiger partial charge in [-0.3, -0.25) is 9.69 Å². The van der Waals surface area contributed by atoms with Crippen LogP contribution in [0.1, 0.15) is 44.2 Å². The van der Waals surface area contributed by atoms with Crippen LogP contribution in [0, 0.1) is 13.8 Å². The highest BCUT2D eigenvalue weighted by Gasteiger charge is 2.34. The van der Waals surface area contributed by atoms with Gasteiger partial charge in [-0.25, -0.2) is 0 Å². The molecule has 0 unspecified atom stereocenters. The summed E-state index contributed by atoms with van der Waals surface area (Å²) in [5.74, 6) is 1.39. The SMILES string of the molecule is CCN1CCN([C@@H](c2cccc(OC)c2OC)c2c(NC(=O)c3cccs3)sc(C)c2C)CC1. The van der Waals surface area contributed by atoms with Crippen molar-refractivity contribution in [3.05, 3.63) is 62.2 Å². The van der Waals surface area contributed by atoms with Gasteiger partial charge >= 0.3 is 0 Å². The molecule has 0 saturated carbocycles. The lowest BCUT2D eigenvalue weighted by Crippen LogP contribution is -2.47. The lowest BCUT2D eigenvalue weighted by Gasteiger charge is -2.40. The number of para-hydroxylation sites is 1. The van der Waals surface area contributed by atoms with Crippen LogP contribution in [0.3, 0.4) is 0 Å². The standard InChI is InChI=1S/C26H33N3O3S2/c1-6-28-12-14-29(15-13-28)23(19-9-7-10-20(31-4)24(19)32-5)22-17(2)18(3)34-26(22)27-25(30)21-11-8-16-33-21/h7-11,16,23H,6,12-15H2,1-5H3,(H,27,30)/t23-/m0/s1. The number of ether oxygens (including phenoxy) is 2. The Morgan fingerprint density at radius 3 is 2.47 bits per heavy atom. The minimum absolute atomic E-state index is 0.0624. The Morgan fingerprint density at radius 1 is 1.09 bits per heavy atom. The average molecular weight is 500 g/mol. The fraction of sp³-hybridized carbons (Fsp3) is 0.423. The van der Waals surface area contributed by atoms with Crippen molar-refractivity contribution in [3.8, 4) is 11.5 Å². The highest BCUT2D eigenvalue weighted by atomic mass is 32.1. The van der Waals surface area contributed by atoms with E-state index in [0.717, 1.165) is 54.6 Å². The van der Waals surface area contributed by atoms with E-state index in [2.05, 4.69) is 42.0 Å². The molecule has 1 aliphatic rings. The number of amides is 1. The summed E-state index contributed by atoms with van der Waals surface area (Å²) >= 11 is 3.10. The Labute approximate surface area is 210 Å². The second-order valence-corrected chi connectivity index (χ2v) is 10.6. The largest absolute Gasteiger partial charge is 0.493 e. The van der Waals surface area contributed by atoms with Crippen LogP contribution < -0.4 is 14.8 Å². The van der Waals surface area contributed by atoms with Gasteiger partial charge in [0.15, 0.2) is 11.5 Å². The van der Waals surface area contributed by atoms with Crippen LogP contribution in [0.4, 0.5) is 5.00 Å². The number of benzene rings is 1. The van der Waals surface area contributed by atoms with E-state index in [1.807, 2.05) is 29.6 Å². The first-order valence-electron chi connectivity index (χ1n) is 11.6. The van der Waals surface area contributed by atoms with E-state index in [9.17, 15) is 4.79 Å². The summed E-state index contributed by atoms with van der Waals surface area (Å²) in [4.78, 5) is 19.9. The van der Waals surface area contributed by atoms with Gasteiger partial charge in [0.1, 0.15) is 5.00 Å². The fourth-order valence-electron chi connectivity index (χ4n) is 4.64. The predicted molar refractivity (Wildman–Crippen MR) is 141 cm³/mol. The number of hydrogen-bond donors (Lipinski definition) is 1. The van der Waals surface area contributed by atoms with Gasteiger partial charge in [-0.1, -0.05) is 25.1 Å². The number of hydrogen-bond acceptors (Lipinski definition) is 7. The van der Waals surface area contributed by atoms with Crippen LogP contribution in [-0.2, 0) is 0 Å². The quantitative estimate of drug-likeness (QED) is 0.448. The number of carbonyl (C=O) groups is 1. The van der Waals surface area contributed by atoms with Gasteiger partial charge in [-0.05, 0) is 43.5 Å². The molecule has 0 spiro atoms. The molecule has 0 radical (unpaired) electrons. The smallest absolute Gasteiger partial charge is 0.266 e. The normalized spacial score (nSPS) is 15.8. The zero-order chi connectivity index (χ0) is 24.2. The van der Waals surface area contributed by atoms with Crippen LogP contribution >= 0.6 is 22.7 Å². The van der Waals surface area contributed by atoms with Crippen LogP contribution in [-0.4, -0.2) is 62.7 Å². The fourth-order valence-corrected chi connectivity index (χ4v) is 6.35. The number of nitrogens with zero attached hydrogens (tertiary/aromatic N) is 2. The number of piperazine rings is 1. The van der Waals surface area contributed by atoms with E-state index in [1.54, 1.807) is 25.6 Å². The molecule has 182 valence electrons. The molecule has 34 heavy (non-hydrogen) atoms. The van der Waals surface area contributed by atoms with Crippen molar-refractivity contribution in [1.82, 2.24) is 9.80 Å². The summed E-state index contributed by atoms with van der Waals surface area (Å²) in [5.41, 5.74) is 3.41. The van der Waals surface area contributed by atoms with Crippen molar-refractivity contribution in [3.63, 3.8) is 0 Å². The van der Waals surface area contributed by atoms with E-state index in [1.165, 1.54) is 21.8 Å². The number of anilines is 1. The molecular formula is C26H33N3O3S2. The summed E-state index contributed by atoms with van der Waals surface area (Å²) < 4.78 is 11.5. The highest BCUT2D eigenvalue weighted by Crippen LogP contribution is 2.47. The van der Waals surface area contributed by atoms with Crippen molar-refractivity contribution in [2.24, 2.45) is 0 Å². The molecule has 8 heteroatoms. The molecule has 1 saturated heterocycles. The molecule has 1 aromatic carbocycles. The van der Waals surface area contributed by atoms with E-state index in [-0.39, 0.29) is 11.9 Å². The summed E-state index contributed by atoms with van der Waals surface area (Å²) in [6.07, 6.45) is 0. The first-order valence-corrected chi connectivity index (χ1v) is 13.3. The minimum Gasteiger partial charge on any atom is -0.493 e. The Hall–Kier alpha value is -2.39. The van der Waals surface area contributed by atoms with Gasteiger partial charge in [-0.2, -0.15) is 0 Å². The summed E-state index contributed by atoms with van der Waals surface area (Å²) in [7, 11) is 3.36. The number of aryl methyl sites for hydroxylation is 1. The van der Waals surface area contributed by atoms with Crippen LogP contribution in [0.25, 0.3) is 0 Å². The Bertz CT molecular complexity index is 1120. The van der Waals surface area contributed by atoms with Crippen molar-refractivity contribution < 1.29 is 14.3 Å². The van der Waals surface area contributed by atoms with Crippen molar-refractivity contribution in [2.45, 2.75) is 26.8 Å². The molecule has 0 bridgehead atoms. The minimum atomic E-state index is -0.0651. The van der Waals surface area contributed by atoms with E-state index in [0.29, 0.717) is 10.6 Å². The van der Waals surface area contributed by atoms with Gasteiger partial charge < -0.3 is 19.7 Å². The van der Waals surface area contributed by atoms with E-state index < -0.39 is 0 Å². The molecule has 6 nitrogen and oxygen atoms in total. The summed E-state index contributed by atoms with van der Waals surface area (Å²) in [6.45, 7) is 11.4. The van der Waals surface area contributed by atoms with Crippen molar-refractivity contribution >= 4 is 33.6 Å². The third kappa shape index (κ3) is 4.86. The summed E-state index contributed by atoms with van der Waals surface area (Å²) in [6, 6.07) is 9.77.